The first-order valence-electron chi connectivity index (χ1n) is 8.84. The van der Waals surface area contributed by atoms with Crippen molar-refractivity contribution in [2.24, 2.45) is 0 Å². The molecular formula is C20H27N3O2. The van der Waals surface area contributed by atoms with Crippen LogP contribution in [0, 0.1) is 0 Å². The Hall–Kier alpha value is -2.56. The number of methoxy groups -OCH3 is 1. The molecule has 0 bridgehead atoms. The van der Waals surface area contributed by atoms with Crippen LogP contribution in [0.4, 0.5) is 5.69 Å². The van der Waals surface area contributed by atoms with E-state index in [2.05, 4.69) is 22.5 Å². The number of nitrogens with one attached hydrogen (secondary N) is 2. The van der Waals surface area contributed by atoms with Gasteiger partial charge in [0.1, 0.15) is 11.4 Å². The van der Waals surface area contributed by atoms with E-state index in [1.165, 1.54) is 12.8 Å². The van der Waals surface area contributed by atoms with E-state index in [4.69, 9.17) is 4.74 Å². The van der Waals surface area contributed by atoms with Crippen molar-refractivity contribution in [3.63, 3.8) is 0 Å². The summed E-state index contributed by atoms with van der Waals surface area (Å²) in [7, 11) is 1.65. The van der Waals surface area contributed by atoms with Gasteiger partial charge in [0.2, 0.25) is 0 Å². The second-order valence-electron chi connectivity index (χ2n) is 5.92. The number of rotatable bonds is 10. The Morgan fingerprint density at radius 1 is 1.16 bits per heavy atom. The molecule has 0 aliphatic rings. The normalized spacial score (nSPS) is 10.3. The Bertz CT molecular complexity index is 673. The van der Waals surface area contributed by atoms with E-state index in [0.717, 1.165) is 36.4 Å². The van der Waals surface area contributed by atoms with Gasteiger partial charge >= 0.3 is 0 Å². The van der Waals surface area contributed by atoms with Crippen molar-refractivity contribution in [3.8, 4) is 5.75 Å². The van der Waals surface area contributed by atoms with Crippen LogP contribution in [-0.2, 0) is 6.42 Å². The second kappa shape index (κ2) is 10.3. The van der Waals surface area contributed by atoms with Crippen molar-refractivity contribution < 1.29 is 9.53 Å². The lowest BCUT2D eigenvalue weighted by atomic mass is 10.1. The van der Waals surface area contributed by atoms with Gasteiger partial charge in [0.25, 0.3) is 5.91 Å². The molecule has 1 aromatic heterocycles. The maximum absolute atomic E-state index is 12.3. The lowest BCUT2D eigenvalue weighted by Crippen LogP contribution is -2.26. The topological polar surface area (TPSA) is 63.2 Å². The van der Waals surface area contributed by atoms with Gasteiger partial charge in [-0.3, -0.25) is 9.78 Å². The first-order valence-corrected chi connectivity index (χ1v) is 8.84. The lowest BCUT2D eigenvalue weighted by molar-refractivity contribution is 0.0949. The van der Waals surface area contributed by atoms with Gasteiger partial charge in [-0.25, -0.2) is 0 Å². The van der Waals surface area contributed by atoms with Gasteiger partial charge in [0.05, 0.1) is 7.11 Å². The number of ether oxygens (including phenoxy) is 1. The molecule has 1 amide bonds. The fourth-order valence-electron chi connectivity index (χ4n) is 2.51. The summed E-state index contributed by atoms with van der Waals surface area (Å²) >= 11 is 0. The molecule has 2 N–H and O–H groups in total. The summed E-state index contributed by atoms with van der Waals surface area (Å²) in [4.78, 5) is 16.4. The van der Waals surface area contributed by atoms with E-state index in [0.29, 0.717) is 12.2 Å². The molecule has 0 radical (unpaired) electrons. The van der Waals surface area contributed by atoms with Crippen LogP contribution in [0.1, 0.15) is 42.2 Å². The molecule has 0 aliphatic heterocycles. The van der Waals surface area contributed by atoms with E-state index in [9.17, 15) is 4.79 Å². The van der Waals surface area contributed by atoms with Gasteiger partial charge in [-0.2, -0.15) is 0 Å². The van der Waals surface area contributed by atoms with E-state index in [1.807, 2.05) is 30.3 Å². The van der Waals surface area contributed by atoms with Crippen LogP contribution in [0.15, 0.2) is 42.6 Å². The van der Waals surface area contributed by atoms with Gasteiger partial charge in [-0.1, -0.05) is 31.9 Å². The molecule has 0 saturated heterocycles. The molecule has 2 aromatic rings. The molecule has 1 heterocycles. The average molecular weight is 341 g/mol. The monoisotopic (exact) mass is 341 g/mol. The summed E-state index contributed by atoms with van der Waals surface area (Å²) < 4.78 is 5.21. The van der Waals surface area contributed by atoms with Crippen LogP contribution >= 0.6 is 0 Å². The molecule has 0 fully saturated rings. The first kappa shape index (κ1) is 18.8. The predicted molar refractivity (Wildman–Crippen MR) is 101 cm³/mol. The predicted octanol–water partition coefficient (Wildman–Crippen LogP) is 3.66. The summed E-state index contributed by atoms with van der Waals surface area (Å²) in [5.74, 6) is 0.674. The first-order chi connectivity index (χ1) is 12.2. The Morgan fingerprint density at radius 2 is 2.04 bits per heavy atom. The summed E-state index contributed by atoms with van der Waals surface area (Å²) in [5.41, 5.74) is 2.49. The molecule has 1 aromatic carbocycles. The quantitative estimate of drug-likeness (QED) is 0.647. The molecule has 25 heavy (non-hydrogen) atoms. The second-order valence-corrected chi connectivity index (χ2v) is 5.92. The minimum absolute atomic E-state index is 0.153. The molecular weight excluding hydrogens is 314 g/mol. The van der Waals surface area contributed by atoms with Crippen LogP contribution < -0.4 is 15.4 Å². The van der Waals surface area contributed by atoms with Gasteiger partial charge in [-0.05, 0) is 42.7 Å². The number of nitrogens with zero attached hydrogens (tertiary/aromatic N) is 1. The Morgan fingerprint density at radius 3 is 2.84 bits per heavy atom. The van der Waals surface area contributed by atoms with E-state index >= 15 is 0 Å². The minimum Gasteiger partial charge on any atom is -0.497 e. The number of hydrogen-bond acceptors (Lipinski definition) is 4. The minimum atomic E-state index is -0.153. The molecule has 0 atom stereocenters. The number of carbonyl (C=O) groups is 1. The Kier molecular flexibility index (Phi) is 7.76. The summed E-state index contributed by atoms with van der Waals surface area (Å²) in [5, 5.41) is 6.25. The number of aromatic nitrogens is 1. The number of carbonyl (C=O) groups excluding carboxylic acids is 1. The number of anilines is 1. The van der Waals surface area contributed by atoms with Gasteiger partial charge in [0, 0.05) is 25.0 Å². The number of unbranched alkanes of at least 4 members (excludes halogenated alkanes) is 2. The molecule has 5 nitrogen and oxygen atoms in total. The largest absolute Gasteiger partial charge is 0.497 e. The van der Waals surface area contributed by atoms with Crippen LogP contribution in [-0.4, -0.2) is 31.1 Å². The molecule has 5 heteroatoms. The highest BCUT2D eigenvalue weighted by Gasteiger charge is 2.07. The number of amides is 1. The van der Waals surface area contributed by atoms with Crippen LogP contribution in [0.25, 0.3) is 0 Å². The van der Waals surface area contributed by atoms with Crippen molar-refractivity contribution in [1.82, 2.24) is 10.3 Å². The highest BCUT2D eigenvalue weighted by Crippen LogP contribution is 2.13. The summed E-state index contributed by atoms with van der Waals surface area (Å²) in [6, 6.07) is 11.5. The zero-order valence-electron chi connectivity index (χ0n) is 15.0. The maximum Gasteiger partial charge on any atom is 0.269 e. The molecule has 0 saturated carbocycles. The molecule has 0 spiro atoms. The average Bonchev–Trinajstić information content (AvgIpc) is 2.65. The molecule has 0 unspecified atom stereocenters. The molecule has 134 valence electrons. The van der Waals surface area contributed by atoms with Crippen molar-refractivity contribution in [1.29, 1.82) is 0 Å². The van der Waals surface area contributed by atoms with Crippen molar-refractivity contribution in [2.75, 3.05) is 25.5 Å². The molecule has 2 rings (SSSR count). The third-order valence-electron chi connectivity index (χ3n) is 3.94. The van der Waals surface area contributed by atoms with E-state index < -0.39 is 0 Å². The maximum atomic E-state index is 12.3. The van der Waals surface area contributed by atoms with Crippen LogP contribution in [0.5, 0.6) is 5.75 Å². The third-order valence-corrected chi connectivity index (χ3v) is 3.94. The lowest BCUT2D eigenvalue weighted by Gasteiger charge is -2.09. The zero-order chi connectivity index (χ0) is 17.9. The highest BCUT2D eigenvalue weighted by molar-refractivity contribution is 5.93. The fraction of sp³-hybridized carbons (Fsp3) is 0.400. The summed E-state index contributed by atoms with van der Waals surface area (Å²) in [6.45, 7) is 3.65. The number of hydrogen-bond donors (Lipinski definition) is 2. The standard InChI is InChI=1S/C20H27N3O2/c1-3-4-5-11-21-17-10-13-22-19(15-17)20(24)23-12-9-16-7-6-8-18(14-16)25-2/h6-8,10,13-15H,3-5,9,11-12H2,1-2H3,(H,21,22)(H,23,24). The van der Waals surface area contributed by atoms with E-state index in [-0.39, 0.29) is 5.91 Å². The van der Waals surface area contributed by atoms with Crippen LogP contribution in [0.3, 0.4) is 0 Å². The van der Waals surface area contributed by atoms with Gasteiger partial charge in [-0.15, -0.1) is 0 Å². The smallest absolute Gasteiger partial charge is 0.269 e. The van der Waals surface area contributed by atoms with Crippen molar-refractivity contribution in [3.05, 3.63) is 53.9 Å². The Labute approximate surface area is 149 Å². The third kappa shape index (κ3) is 6.45. The Balaban J connectivity index is 1.81. The van der Waals surface area contributed by atoms with E-state index in [1.54, 1.807) is 19.4 Å². The number of benzene rings is 1. The van der Waals surface area contributed by atoms with Gasteiger partial charge < -0.3 is 15.4 Å². The molecule has 0 aliphatic carbocycles. The fourth-order valence-corrected chi connectivity index (χ4v) is 2.51. The summed E-state index contributed by atoms with van der Waals surface area (Å²) in [6.07, 6.45) is 5.94. The van der Waals surface area contributed by atoms with Crippen molar-refractivity contribution >= 4 is 11.6 Å². The highest BCUT2D eigenvalue weighted by atomic mass is 16.5. The van der Waals surface area contributed by atoms with Gasteiger partial charge in [0.15, 0.2) is 0 Å². The van der Waals surface area contributed by atoms with Crippen molar-refractivity contribution in [2.45, 2.75) is 32.6 Å². The zero-order valence-corrected chi connectivity index (χ0v) is 15.0. The number of pyridine rings is 1. The SMILES string of the molecule is CCCCCNc1ccnc(C(=O)NCCc2cccc(OC)c2)c1. The van der Waals surface area contributed by atoms with Crippen LogP contribution in [0.2, 0.25) is 0 Å².